The fraction of sp³-hybridized carbons (Fsp3) is 0.333. The molecule has 0 unspecified atom stereocenters. The Morgan fingerprint density at radius 2 is 2.19 bits per heavy atom. The number of aromatic carboxylic acids is 1. The molecule has 0 aromatic carbocycles. The monoisotopic (exact) mass is 308 g/mol. The van der Waals surface area contributed by atoms with E-state index < -0.39 is 5.97 Å². The van der Waals surface area contributed by atoms with Crippen molar-refractivity contribution in [1.29, 1.82) is 0 Å². The third-order valence-corrected chi connectivity index (χ3v) is 3.10. The Bertz CT molecular complexity index is 663. The second-order valence-corrected chi connectivity index (χ2v) is 4.76. The zero-order valence-electron chi connectivity index (χ0n) is 11.7. The van der Waals surface area contributed by atoms with E-state index in [4.69, 9.17) is 17.3 Å². The maximum Gasteiger partial charge on any atom is 0.356 e. The molecule has 0 fully saturated rings. The van der Waals surface area contributed by atoms with Gasteiger partial charge in [-0.05, 0) is 19.1 Å². The van der Waals surface area contributed by atoms with Crippen LogP contribution in [0.15, 0.2) is 18.6 Å². The molecule has 9 heteroatoms. The largest absolute Gasteiger partial charge is 0.476 e. The van der Waals surface area contributed by atoms with E-state index in [0.29, 0.717) is 17.3 Å². The van der Waals surface area contributed by atoms with Crippen molar-refractivity contribution in [3.05, 3.63) is 29.8 Å². The summed E-state index contributed by atoms with van der Waals surface area (Å²) in [4.78, 5) is 11.1. The lowest BCUT2D eigenvalue weighted by Crippen LogP contribution is -2.28. The number of nitrogens with one attached hydrogen (secondary N) is 2. The fourth-order valence-corrected chi connectivity index (χ4v) is 1.98. The van der Waals surface area contributed by atoms with Crippen molar-refractivity contribution < 1.29 is 9.90 Å². The van der Waals surface area contributed by atoms with Gasteiger partial charge in [-0.25, -0.2) is 4.79 Å². The first kappa shape index (κ1) is 15.0. The number of anilines is 1. The van der Waals surface area contributed by atoms with Crippen LogP contribution in [0.5, 0.6) is 0 Å². The highest BCUT2D eigenvalue weighted by atomic mass is 32.1. The first-order valence-electron chi connectivity index (χ1n) is 6.32. The summed E-state index contributed by atoms with van der Waals surface area (Å²) >= 11 is 5.15. The SMILES string of the molecule is CCn1cc(CNC(=S)Nc2cnn(C)c2C(=O)O)cn1. The molecule has 2 aromatic rings. The van der Waals surface area contributed by atoms with E-state index in [0.717, 1.165) is 12.1 Å². The summed E-state index contributed by atoms with van der Waals surface area (Å²) in [6.07, 6.45) is 5.10. The van der Waals surface area contributed by atoms with Crippen molar-refractivity contribution in [2.75, 3.05) is 5.32 Å². The lowest BCUT2D eigenvalue weighted by atomic mass is 10.3. The van der Waals surface area contributed by atoms with E-state index in [1.54, 1.807) is 13.2 Å². The van der Waals surface area contributed by atoms with Crippen LogP contribution < -0.4 is 10.6 Å². The number of carbonyl (C=O) groups is 1. The molecule has 2 heterocycles. The Morgan fingerprint density at radius 3 is 2.81 bits per heavy atom. The summed E-state index contributed by atoms with van der Waals surface area (Å²) in [5.41, 5.74) is 1.40. The van der Waals surface area contributed by atoms with Gasteiger partial charge in [-0.15, -0.1) is 0 Å². The summed E-state index contributed by atoms with van der Waals surface area (Å²) in [6.45, 7) is 3.32. The van der Waals surface area contributed by atoms with Crippen LogP contribution in [0.3, 0.4) is 0 Å². The quantitative estimate of drug-likeness (QED) is 0.704. The molecule has 0 aliphatic carbocycles. The minimum atomic E-state index is -1.07. The lowest BCUT2D eigenvalue weighted by molar-refractivity contribution is 0.0686. The molecule has 0 saturated carbocycles. The van der Waals surface area contributed by atoms with Crippen molar-refractivity contribution in [3.8, 4) is 0 Å². The molecule has 0 aliphatic rings. The first-order valence-corrected chi connectivity index (χ1v) is 6.73. The van der Waals surface area contributed by atoms with Gasteiger partial charge < -0.3 is 15.7 Å². The van der Waals surface area contributed by atoms with E-state index in [1.165, 1.54) is 10.9 Å². The predicted octanol–water partition coefficient (Wildman–Crippen LogP) is 0.821. The average molecular weight is 308 g/mol. The molecular formula is C12H16N6O2S. The van der Waals surface area contributed by atoms with Gasteiger partial charge >= 0.3 is 5.97 Å². The Balaban J connectivity index is 1.94. The Kier molecular flexibility index (Phi) is 4.53. The van der Waals surface area contributed by atoms with Crippen molar-refractivity contribution >= 4 is 29.0 Å². The zero-order chi connectivity index (χ0) is 15.4. The third-order valence-electron chi connectivity index (χ3n) is 2.85. The van der Waals surface area contributed by atoms with E-state index in [9.17, 15) is 4.79 Å². The highest BCUT2D eigenvalue weighted by Gasteiger charge is 2.16. The van der Waals surface area contributed by atoms with Gasteiger partial charge in [-0.1, -0.05) is 0 Å². The van der Waals surface area contributed by atoms with Crippen molar-refractivity contribution in [1.82, 2.24) is 24.9 Å². The van der Waals surface area contributed by atoms with Crippen molar-refractivity contribution in [3.63, 3.8) is 0 Å². The maximum absolute atomic E-state index is 11.1. The molecular weight excluding hydrogens is 292 g/mol. The van der Waals surface area contributed by atoms with Gasteiger partial charge in [0.1, 0.15) is 0 Å². The number of carboxylic acid groups (broad SMARTS) is 1. The summed E-state index contributed by atoms with van der Waals surface area (Å²) in [6, 6.07) is 0. The topological polar surface area (TPSA) is 97.0 Å². The molecule has 0 amide bonds. The Hall–Kier alpha value is -2.42. The van der Waals surface area contributed by atoms with Gasteiger partial charge in [0.25, 0.3) is 0 Å². The van der Waals surface area contributed by atoms with E-state index >= 15 is 0 Å². The Morgan fingerprint density at radius 1 is 1.43 bits per heavy atom. The van der Waals surface area contributed by atoms with Crippen molar-refractivity contribution in [2.45, 2.75) is 20.0 Å². The third kappa shape index (κ3) is 3.57. The summed E-state index contributed by atoms with van der Waals surface area (Å²) in [5, 5.41) is 23.3. The predicted molar refractivity (Wildman–Crippen MR) is 81.1 cm³/mol. The second-order valence-electron chi connectivity index (χ2n) is 4.35. The number of hydrogen-bond donors (Lipinski definition) is 3. The van der Waals surface area contributed by atoms with Gasteiger partial charge in [-0.3, -0.25) is 9.36 Å². The molecule has 0 spiro atoms. The van der Waals surface area contributed by atoms with Gasteiger partial charge in [0, 0.05) is 31.9 Å². The molecule has 3 N–H and O–H groups in total. The standard InChI is InChI=1S/C12H16N6O2S/c1-3-18-7-8(5-15-18)4-13-12(21)16-9-6-14-17(2)10(9)11(19)20/h5-7H,3-4H2,1-2H3,(H,19,20)(H2,13,16,21). The number of aryl methyl sites for hydroxylation is 2. The van der Waals surface area contributed by atoms with Crippen LogP contribution in [0.2, 0.25) is 0 Å². The number of aromatic nitrogens is 4. The van der Waals surface area contributed by atoms with Crippen molar-refractivity contribution in [2.24, 2.45) is 7.05 Å². The van der Waals surface area contributed by atoms with E-state index in [2.05, 4.69) is 20.8 Å². The molecule has 8 nitrogen and oxygen atoms in total. The first-order chi connectivity index (χ1) is 10.0. The summed E-state index contributed by atoms with van der Waals surface area (Å²) in [7, 11) is 1.56. The molecule has 2 aromatic heterocycles. The van der Waals surface area contributed by atoms with Gasteiger partial charge in [-0.2, -0.15) is 10.2 Å². The molecule has 0 bridgehead atoms. The van der Waals surface area contributed by atoms with Gasteiger partial charge in [0.05, 0.1) is 18.1 Å². The van der Waals surface area contributed by atoms with Crippen LogP contribution in [0.1, 0.15) is 23.0 Å². The molecule has 0 atom stereocenters. The molecule has 2 rings (SSSR count). The highest BCUT2D eigenvalue weighted by Crippen LogP contribution is 2.13. The minimum Gasteiger partial charge on any atom is -0.476 e. The van der Waals surface area contributed by atoms with Crippen LogP contribution in [-0.2, 0) is 20.1 Å². The van der Waals surface area contributed by atoms with Crippen LogP contribution in [0.4, 0.5) is 5.69 Å². The molecule has 21 heavy (non-hydrogen) atoms. The maximum atomic E-state index is 11.1. The number of hydrogen-bond acceptors (Lipinski definition) is 4. The molecule has 0 aliphatic heterocycles. The fourth-order valence-electron chi connectivity index (χ4n) is 1.80. The summed E-state index contributed by atoms with van der Waals surface area (Å²) < 4.78 is 3.09. The van der Waals surface area contributed by atoms with E-state index in [-0.39, 0.29) is 5.69 Å². The second kappa shape index (κ2) is 6.35. The Labute approximate surface area is 126 Å². The van der Waals surface area contributed by atoms with E-state index in [1.807, 2.05) is 17.8 Å². The normalized spacial score (nSPS) is 10.4. The number of rotatable bonds is 5. The average Bonchev–Trinajstić information content (AvgIpc) is 3.03. The van der Waals surface area contributed by atoms with Crippen LogP contribution in [-0.4, -0.2) is 35.7 Å². The van der Waals surface area contributed by atoms with Crippen LogP contribution in [0, 0.1) is 0 Å². The minimum absolute atomic E-state index is 0.0537. The number of thiocarbonyl (C=S) groups is 1. The number of nitrogens with zero attached hydrogens (tertiary/aromatic N) is 4. The zero-order valence-corrected chi connectivity index (χ0v) is 12.5. The number of carboxylic acids is 1. The lowest BCUT2D eigenvalue weighted by Gasteiger charge is -2.09. The smallest absolute Gasteiger partial charge is 0.356 e. The summed E-state index contributed by atoms with van der Waals surface area (Å²) in [5.74, 6) is -1.07. The molecule has 0 radical (unpaired) electrons. The molecule has 112 valence electrons. The van der Waals surface area contributed by atoms with Crippen LogP contribution in [0.25, 0.3) is 0 Å². The highest BCUT2D eigenvalue weighted by molar-refractivity contribution is 7.80. The molecule has 0 saturated heterocycles. The van der Waals surface area contributed by atoms with Gasteiger partial charge in [0.15, 0.2) is 10.8 Å². The van der Waals surface area contributed by atoms with Crippen LogP contribution >= 0.6 is 12.2 Å². The van der Waals surface area contributed by atoms with Gasteiger partial charge in [0.2, 0.25) is 0 Å².